The molecule has 0 saturated carbocycles. The molecule has 164 valence electrons. The molecule has 1 amide bonds. The molecule has 32 heavy (non-hydrogen) atoms. The van der Waals surface area contributed by atoms with Gasteiger partial charge in [-0.1, -0.05) is 0 Å². The number of nitrogens with zero attached hydrogens (tertiary/aromatic N) is 6. The number of aromatic nitrogens is 5. The van der Waals surface area contributed by atoms with Gasteiger partial charge < -0.3 is 19.5 Å². The van der Waals surface area contributed by atoms with E-state index in [1.165, 1.54) is 0 Å². The normalized spacial score (nSPS) is 14.2. The van der Waals surface area contributed by atoms with Crippen molar-refractivity contribution < 1.29 is 9.53 Å². The second-order valence-electron chi connectivity index (χ2n) is 7.51. The fourth-order valence-electron chi connectivity index (χ4n) is 3.98. The molecule has 0 spiro atoms. The maximum atomic E-state index is 13.1. The molecule has 4 heterocycles. The number of nitrogens with one attached hydrogen (secondary N) is 1. The third-order valence-corrected chi connectivity index (χ3v) is 6.54. The number of carbonyl (C=O) groups is 1. The van der Waals surface area contributed by atoms with Crippen molar-refractivity contribution in [3.8, 4) is 17.3 Å². The van der Waals surface area contributed by atoms with Gasteiger partial charge in [0.05, 0.1) is 16.1 Å². The molecule has 0 radical (unpaired) electrons. The fraction of sp³-hybridized carbons (Fsp3) is 0.273. The molecule has 0 aliphatic carbocycles. The largest absolute Gasteiger partial charge is 0.496 e. The highest BCUT2D eigenvalue weighted by molar-refractivity contribution is 14.1. The van der Waals surface area contributed by atoms with Gasteiger partial charge in [-0.2, -0.15) is 5.10 Å². The van der Waals surface area contributed by atoms with Crippen LogP contribution in [0.1, 0.15) is 0 Å². The van der Waals surface area contributed by atoms with Crippen molar-refractivity contribution in [2.45, 2.75) is 6.54 Å². The molecule has 9 nitrogen and oxygen atoms in total. The van der Waals surface area contributed by atoms with Crippen molar-refractivity contribution in [1.82, 2.24) is 29.6 Å². The number of piperazine rings is 1. The number of pyridine rings is 1. The van der Waals surface area contributed by atoms with Gasteiger partial charge in [-0.15, -0.1) is 0 Å². The van der Waals surface area contributed by atoms with E-state index < -0.39 is 0 Å². The highest BCUT2D eigenvalue weighted by Gasteiger charge is 2.24. The van der Waals surface area contributed by atoms with E-state index in [1.807, 2.05) is 17.0 Å². The number of hydrogen-bond acceptors (Lipinski definition) is 6. The Morgan fingerprint density at radius 2 is 2.00 bits per heavy atom. The molecule has 4 aromatic rings. The summed E-state index contributed by atoms with van der Waals surface area (Å²) >= 11 is 2.27. The summed E-state index contributed by atoms with van der Waals surface area (Å²) in [5.41, 5.74) is 2.49. The Balaban J connectivity index is 1.29. The van der Waals surface area contributed by atoms with Gasteiger partial charge in [0, 0.05) is 56.5 Å². The van der Waals surface area contributed by atoms with E-state index in [9.17, 15) is 4.79 Å². The minimum Gasteiger partial charge on any atom is -0.496 e. The standard InChI is InChI=1S/C22H22IN7O2/c1-32-18-13-15(4-5-17(18)23)28-9-11-29(12-10-28)19(31)14-30-22-16(3-2-6-26-22)20(27-30)21-24-7-8-25-21/h2-8,13H,9-12,14H2,1H3,(H,24,25). The lowest BCUT2D eigenvalue weighted by Crippen LogP contribution is -2.49. The molecular formula is C22H22IN7O2. The van der Waals surface area contributed by atoms with E-state index in [1.54, 1.807) is 30.4 Å². The summed E-state index contributed by atoms with van der Waals surface area (Å²) in [6.45, 7) is 3.00. The van der Waals surface area contributed by atoms with Crippen LogP contribution in [-0.2, 0) is 11.3 Å². The van der Waals surface area contributed by atoms with E-state index in [4.69, 9.17) is 4.74 Å². The minimum absolute atomic E-state index is 0.0332. The Labute approximate surface area is 198 Å². The number of anilines is 1. The number of halogens is 1. The van der Waals surface area contributed by atoms with Crippen LogP contribution in [0.5, 0.6) is 5.75 Å². The minimum atomic E-state index is 0.0332. The van der Waals surface area contributed by atoms with Gasteiger partial charge in [0.2, 0.25) is 5.91 Å². The van der Waals surface area contributed by atoms with Gasteiger partial charge in [0.15, 0.2) is 11.5 Å². The van der Waals surface area contributed by atoms with Gasteiger partial charge in [0.25, 0.3) is 0 Å². The molecule has 0 unspecified atom stereocenters. The Kier molecular flexibility index (Phi) is 5.68. The lowest BCUT2D eigenvalue weighted by molar-refractivity contribution is -0.132. The molecule has 1 fully saturated rings. The molecule has 5 rings (SSSR count). The van der Waals surface area contributed by atoms with E-state index in [0.29, 0.717) is 30.3 Å². The number of fused-ring (bicyclic) bond motifs is 1. The van der Waals surface area contributed by atoms with Crippen LogP contribution in [0.25, 0.3) is 22.6 Å². The first kappa shape index (κ1) is 20.7. The Bertz CT molecular complexity index is 1250. The molecule has 3 aromatic heterocycles. The second kappa shape index (κ2) is 8.77. The molecule has 1 aromatic carbocycles. The van der Waals surface area contributed by atoms with Crippen molar-refractivity contribution in [3.63, 3.8) is 0 Å². The summed E-state index contributed by atoms with van der Waals surface area (Å²) in [4.78, 5) is 29.1. The van der Waals surface area contributed by atoms with Gasteiger partial charge in [-0.25, -0.2) is 14.6 Å². The lowest BCUT2D eigenvalue weighted by atomic mass is 10.2. The first-order chi connectivity index (χ1) is 15.6. The van der Waals surface area contributed by atoms with E-state index in [2.05, 4.69) is 65.7 Å². The summed E-state index contributed by atoms with van der Waals surface area (Å²) in [6.07, 6.45) is 5.15. The number of rotatable bonds is 5. The molecule has 10 heteroatoms. The van der Waals surface area contributed by atoms with Crippen molar-refractivity contribution in [3.05, 3.63) is 52.5 Å². The first-order valence-corrected chi connectivity index (χ1v) is 11.4. The van der Waals surface area contributed by atoms with Crippen molar-refractivity contribution in [2.24, 2.45) is 0 Å². The summed E-state index contributed by atoms with van der Waals surface area (Å²) in [7, 11) is 1.68. The van der Waals surface area contributed by atoms with Crippen molar-refractivity contribution in [2.75, 3.05) is 38.2 Å². The number of benzene rings is 1. The Hall–Kier alpha value is -3.15. The molecule has 1 aliphatic heterocycles. The highest BCUT2D eigenvalue weighted by Crippen LogP contribution is 2.28. The zero-order valence-electron chi connectivity index (χ0n) is 17.5. The summed E-state index contributed by atoms with van der Waals surface area (Å²) in [5, 5.41) is 5.51. The molecule has 0 atom stereocenters. The van der Waals surface area contributed by atoms with Crippen LogP contribution in [0.4, 0.5) is 5.69 Å². The quantitative estimate of drug-likeness (QED) is 0.390. The molecule has 0 bridgehead atoms. The van der Waals surface area contributed by atoms with Crippen LogP contribution in [0.2, 0.25) is 0 Å². The third kappa shape index (κ3) is 3.90. The smallest absolute Gasteiger partial charge is 0.244 e. The monoisotopic (exact) mass is 543 g/mol. The Morgan fingerprint density at radius 3 is 2.75 bits per heavy atom. The number of hydrogen-bond donors (Lipinski definition) is 1. The van der Waals surface area contributed by atoms with Crippen LogP contribution in [0.15, 0.2) is 48.9 Å². The van der Waals surface area contributed by atoms with Gasteiger partial charge in [-0.05, 0) is 46.9 Å². The van der Waals surface area contributed by atoms with Crippen LogP contribution in [0, 0.1) is 3.57 Å². The van der Waals surface area contributed by atoms with Gasteiger partial charge in [0.1, 0.15) is 18.0 Å². The number of carbonyl (C=O) groups excluding carboxylic acids is 1. The highest BCUT2D eigenvalue weighted by atomic mass is 127. The predicted octanol–water partition coefficient (Wildman–Crippen LogP) is 2.78. The number of imidazole rings is 1. The average molecular weight is 543 g/mol. The predicted molar refractivity (Wildman–Crippen MR) is 130 cm³/mol. The van der Waals surface area contributed by atoms with E-state index in [-0.39, 0.29) is 12.5 Å². The maximum Gasteiger partial charge on any atom is 0.244 e. The number of aromatic amines is 1. The molecule has 1 aliphatic rings. The van der Waals surface area contributed by atoms with Gasteiger partial charge >= 0.3 is 0 Å². The van der Waals surface area contributed by atoms with Crippen molar-refractivity contribution in [1.29, 1.82) is 0 Å². The van der Waals surface area contributed by atoms with Crippen molar-refractivity contribution >= 4 is 45.2 Å². The molecular weight excluding hydrogens is 521 g/mol. The van der Waals surface area contributed by atoms with Crippen LogP contribution in [0.3, 0.4) is 0 Å². The SMILES string of the molecule is COc1cc(N2CCN(C(=O)Cn3nc(-c4ncc[nH]4)c4cccnc43)CC2)ccc1I. The number of ether oxygens (including phenoxy) is 1. The van der Waals surface area contributed by atoms with Gasteiger partial charge in [-0.3, -0.25) is 4.79 Å². The number of methoxy groups -OCH3 is 1. The Morgan fingerprint density at radius 1 is 1.16 bits per heavy atom. The first-order valence-electron chi connectivity index (χ1n) is 10.3. The van der Waals surface area contributed by atoms with Crippen LogP contribution < -0.4 is 9.64 Å². The number of H-pyrrole nitrogens is 1. The zero-order chi connectivity index (χ0) is 22.1. The van der Waals surface area contributed by atoms with E-state index >= 15 is 0 Å². The molecule has 1 saturated heterocycles. The second-order valence-corrected chi connectivity index (χ2v) is 8.67. The van der Waals surface area contributed by atoms with Crippen LogP contribution >= 0.6 is 22.6 Å². The topological polar surface area (TPSA) is 92.2 Å². The summed E-state index contributed by atoms with van der Waals surface area (Å²) in [6, 6.07) is 10.0. The average Bonchev–Trinajstić information content (AvgIpc) is 3.48. The fourth-order valence-corrected chi connectivity index (χ4v) is 4.53. The third-order valence-electron chi connectivity index (χ3n) is 5.65. The van der Waals surface area contributed by atoms with E-state index in [0.717, 1.165) is 33.5 Å². The molecule has 1 N–H and O–H groups in total. The zero-order valence-corrected chi connectivity index (χ0v) is 19.7. The summed E-state index contributed by atoms with van der Waals surface area (Å²) < 4.78 is 8.20. The summed E-state index contributed by atoms with van der Waals surface area (Å²) in [5.74, 6) is 1.56. The maximum absolute atomic E-state index is 13.1. The number of amides is 1. The van der Waals surface area contributed by atoms with Crippen LogP contribution in [-0.4, -0.2) is 68.8 Å². The lowest BCUT2D eigenvalue weighted by Gasteiger charge is -2.36.